The van der Waals surface area contributed by atoms with E-state index >= 15 is 0 Å². The summed E-state index contributed by atoms with van der Waals surface area (Å²) in [5.74, 6) is -0.888. The van der Waals surface area contributed by atoms with Crippen molar-refractivity contribution in [3.63, 3.8) is 0 Å². The quantitative estimate of drug-likeness (QED) is 0.768. The molecule has 1 heterocycles. The molecule has 0 aliphatic carbocycles. The van der Waals surface area contributed by atoms with Crippen molar-refractivity contribution in [2.75, 3.05) is 5.32 Å². The Bertz CT molecular complexity index is 348. The van der Waals surface area contributed by atoms with Crippen molar-refractivity contribution < 1.29 is 9.90 Å². The van der Waals surface area contributed by atoms with Gasteiger partial charge in [-0.2, -0.15) is 0 Å². The zero-order valence-electron chi connectivity index (χ0n) is 8.53. The van der Waals surface area contributed by atoms with Gasteiger partial charge in [0.15, 0.2) is 0 Å². The van der Waals surface area contributed by atoms with E-state index in [-0.39, 0.29) is 0 Å². The molecule has 0 aromatic carbocycles. The highest BCUT2D eigenvalue weighted by Gasteiger charge is 2.26. The van der Waals surface area contributed by atoms with E-state index in [1.54, 1.807) is 26.2 Å². The first-order valence-electron chi connectivity index (χ1n) is 4.35. The Balaban J connectivity index is 2.89. The second kappa shape index (κ2) is 3.65. The minimum atomic E-state index is -0.978. The third-order valence-electron chi connectivity index (χ3n) is 2.02. The maximum absolute atomic E-state index is 10.9. The average molecular weight is 194 g/mol. The standard InChI is InChI=1S/C10H14N2O2/c1-7-4-5-11-6-8(7)12-10(2,3)9(13)14/h4-6,12H,1-3H3,(H,13,14). The zero-order chi connectivity index (χ0) is 10.8. The topological polar surface area (TPSA) is 62.2 Å². The minimum Gasteiger partial charge on any atom is -0.480 e. The van der Waals surface area contributed by atoms with Crippen LogP contribution in [0.4, 0.5) is 5.69 Å². The number of aromatic nitrogens is 1. The van der Waals surface area contributed by atoms with Crippen LogP contribution in [0.2, 0.25) is 0 Å². The Hall–Kier alpha value is -1.58. The van der Waals surface area contributed by atoms with E-state index in [2.05, 4.69) is 10.3 Å². The number of carbonyl (C=O) groups is 1. The van der Waals surface area contributed by atoms with Gasteiger partial charge in [-0.1, -0.05) is 0 Å². The van der Waals surface area contributed by atoms with Crippen LogP contribution in [-0.4, -0.2) is 21.6 Å². The Morgan fingerprint density at radius 1 is 1.57 bits per heavy atom. The van der Waals surface area contributed by atoms with Gasteiger partial charge in [0.25, 0.3) is 0 Å². The van der Waals surface area contributed by atoms with Gasteiger partial charge in [-0.05, 0) is 32.4 Å². The predicted molar refractivity (Wildman–Crippen MR) is 54.3 cm³/mol. The van der Waals surface area contributed by atoms with Crippen LogP contribution >= 0.6 is 0 Å². The first kappa shape index (κ1) is 10.5. The number of carboxylic acid groups (broad SMARTS) is 1. The van der Waals surface area contributed by atoms with Crippen LogP contribution in [0, 0.1) is 6.92 Å². The summed E-state index contributed by atoms with van der Waals surface area (Å²) < 4.78 is 0. The summed E-state index contributed by atoms with van der Waals surface area (Å²) in [4.78, 5) is 14.8. The van der Waals surface area contributed by atoms with Crippen LogP contribution < -0.4 is 5.32 Å². The highest BCUT2D eigenvalue weighted by atomic mass is 16.4. The van der Waals surface area contributed by atoms with E-state index in [0.29, 0.717) is 0 Å². The molecule has 0 unspecified atom stereocenters. The molecule has 0 aliphatic heterocycles. The van der Waals surface area contributed by atoms with Gasteiger partial charge in [0, 0.05) is 6.20 Å². The first-order chi connectivity index (χ1) is 6.43. The molecule has 0 radical (unpaired) electrons. The van der Waals surface area contributed by atoms with Crippen LogP contribution in [0.5, 0.6) is 0 Å². The lowest BCUT2D eigenvalue weighted by Gasteiger charge is -2.23. The molecular formula is C10H14N2O2. The van der Waals surface area contributed by atoms with Gasteiger partial charge in [-0.15, -0.1) is 0 Å². The van der Waals surface area contributed by atoms with Gasteiger partial charge < -0.3 is 10.4 Å². The number of rotatable bonds is 3. The van der Waals surface area contributed by atoms with Crippen LogP contribution in [0.3, 0.4) is 0 Å². The lowest BCUT2D eigenvalue weighted by molar-refractivity contribution is -0.141. The Morgan fingerprint density at radius 2 is 2.21 bits per heavy atom. The van der Waals surface area contributed by atoms with Crippen molar-refractivity contribution in [2.45, 2.75) is 26.3 Å². The molecule has 1 rings (SSSR count). The fourth-order valence-electron chi connectivity index (χ4n) is 0.985. The average Bonchev–Trinajstić information content (AvgIpc) is 2.08. The second-order valence-electron chi connectivity index (χ2n) is 3.75. The molecule has 0 fully saturated rings. The van der Waals surface area contributed by atoms with Gasteiger partial charge >= 0.3 is 5.97 Å². The van der Waals surface area contributed by atoms with Crippen LogP contribution in [0.15, 0.2) is 18.5 Å². The molecule has 0 aliphatic rings. The third kappa shape index (κ3) is 2.22. The van der Waals surface area contributed by atoms with Gasteiger partial charge in [0.1, 0.15) is 5.54 Å². The number of carboxylic acids is 1. The number of nitrogens with one attached hydrogen (secondary N) is 1. The maximum atomic E-state index is 10.9. The second-order valence-corrected chi connectivity index (χ2v) is 3.75. The first-order valence-corrected chi connectivity index (χ1v) is 4.35. The number of hydrogen-bond acceptors (Lipinski definition) is 3. The van der Waals surface area contributed by atoms with E-state index < -0.39 is 11.5 Å². The number of aliphatic carboxylic acids is 1. The molecule has 0 amide bonds. The monoisotopic (exact) mass is 194 g/mol. The molecule has 2 N–H and O–H groups in total. The molecule has 76 valence electrons. The maximum Gasteiger partial charge on any atom is 0.328 e. The van der Waals surface area contributed by atoms with E-state index in [9.17, 15) is 4.79 Å². The summed E-state index contributed by atoms with van der Waals surface area (Å²) in [6, 6.07) is 1.83. The fourth-order valence-corrected chi connectivity index (χ4v) is 0.985. The molecule has 4 heteroatoms. The molecular weight excluding hydrogens is 180 g/mol. The normalized spacial score (nSPS) is 11.1. The molecule has 1 aromatic rings. The SMILES string of the molecule is Cc1ccncc1NC(C)(C)C(=O)O. The summed E-state index contributed by atoms with van der Waals surface area (Å²) >= 11 is 0. The third-order valence-corrected chi connectivity index (χ3v) is 2.02. The number of anilines is 1. The van der Waals surface area contributed by atoms with Crippen molar-refractivity contribution in [1.29, 1.82) is 0 Å². The van der Waals surface area contributed by atoms with Gasteiger partial charge in [-0.3, -0.25) is 4.98 Å². The highest BCUT2D eigenvalue weighted by Crippen LogP contribution is 2.17. The van der Waals surface area contributed by atoms with Gasteiger partial charge in [0.2, 0.25) is 0 Å². The zero-order valence-corrected chi connectivity index (χ0v) is 8.53. The van der Waals surface area contributed by atoms with E-state index in [0.717, 1.165) is 11.3 Å². The number of hydrogen-bond donors (Lipinski definition) is 2. The molecule has 0 saturated carbocycles. The van der Waals surface area contributed by atoms with Gasteiger partial charge in [0.05, 0.1) is 11.9 Å². The lowest BCUT2D eigenvalue weighted by atomic mass is 10.1. The molecule has 1 aromatic heterocycles. The Morgan fingerprint density at radius 3 is 2.71 bits per heavy atom. The van der Waals surface area contributed by atoms with Crippen LogP contribution in [-0.2, 0) is 4.79 Å². The number of pyridine rings is 1. The number of aryl methyl sites for hydroxylation is 1. The van der Waals surface area contributed by atoms with Crippen LogP contribution in [0.1, 0.15) is 19.4 Å². The van der Waals surface area contributed by atoms with E-state index in [4.69, 9.17) is 5.11 Å². The van der Waals surface area contributed by atoms with Crippen molar-refractivity contribution in [3.05, 3.63) is 24.0 Å². The number of nitrogens with zero attached hydrogens (tertiary/aromatic N) is 1. The highest BCUT2D eigenvalue weighted by molar-refractivity contribution is 5.81. The molecule has 4 nitrogen and oxygen atoms in total. The van der Waals surface area contributed by atoms with Crippen molar-refractivity contribution in [3.8, 4) is 0 Å². The van der Waals surface area contributed by atoms with E-state index in [1.807, 2.05) is 13.0 Å². The summed E-state index contributed by atoms with van der Waals surface area (Å²) in [6.45, 7) is 5.13. The van der Waals surface area contributed by atoms with Crippen molar-refractivity contribution in [2.24, 2.45) is 0 Å². The molecule has 0 spiro atoms. The van der Waals surface area contributed by atoms with Crippen molar-refractivity contribution in [1.82, 2.24) is 4.98 Å². The minimum absolute atomic E-state index is 0.750. The molecule has 0 atom stereocenters. The summed E-state index contributed by atoms with van der Waals surface area (Å²) in [5, 5.41) is 11.8. The fraction of sp³-hybridized carbons (Fsp3) is 0.400. The Labute approximate surface area is 83.0 Å². The molecule has 0 saturated heterocycles. The molecule has 14 heavy (non-hydrogen) atoms. The summed E-state index contributed by atoms with van der Waals surface area (Å²) in [5.41, 5.74) is 0.752. The van der Waals surface area contributed by atoms with Gasteiger partial charge in [-0.25, -0.2) is 4.79 Å². The van der Waals surface area contributed by atoms with E-state index in [1.165, 1.54) is 0 Å². The summed E-state index contributed by atoms with van der Waals surface area (Å²) in [7, 11) is 0. The Kier molecular flexibility index (Phi) is 2.74. The smallest absolute Gasteiger partial charge is 0.328 e. The predicted octanol–water partition coefficient (Wildman–Crippen LogP) is 1.67. The van der Waals surface area contributed by atoms with Crippen molar-refractivity contribution >= 4 is 11.7 Å². The summed E-state index contributed by atoms with van der Waals surface area (Å²) in [6.07, 6.45) is 3.30. The largest absolute Gasteiger partial charge is 0.480 e. The van der Waals surface area contributed by atoms with Crippen LogP contribution in [0.25, 0.3) is 0 Å². The molecule has 0 bridgehead atoms. The lowest BCUT2D eigenvalue weighted by Crippen LogP contribution is -2.40.